The molecule has 0 saturated carbocycles. The molecule has 0 spiro atoms. The number of amides is 1. The zero-order valence-electron chi connectivity index (χ0n) is 21.1. The van der Waals surface area contributed by atoms with E-state index < -0.39 is 76.4 Å². The number of carbonyl (C=O) groups excluding carboxylic acids is 1. The fourth-order valence-electron chi connectivity index (χ4n) is 4.72. The van der Waals surface area contributed by atoms with E-state index in [0.29, 0.717) is 22.7 Å². The molecule has 0 aromatic heterocycles. The molecule has 1 unspecified atom stereocenters. The largest absolute Gasteiger partial charge is 0.439 e. The molecule has 1 amide bonds. The van der Waals surface area contributed by atoms with Crippen LogP contribution in [-0.4, -0.2) is 26.3 Å². The van der Waals surface area contributed by atoms with Gasteiger partial charge in [0.15, 0.2) is 0 Å². The van der Waals surface area contributed by atoms with Gasteiger partial charge in [0.05, 0.1) is 39.9 Å². The summed E-state index contributed by atoms with van der Waals surface area (Å²) in [6.45, 7) is 0.672. The van der Waals surface area contributed by atoms with E-state index in [4.69, 9.17) is 4.74 Å². The van der Waals surface area contributed by atoms with E-state index in [0.717, 1.165) is 23.1 Å². The number of benzene rings is 3. The van der Waals surface area contributed by atoms with Gasteiger partial charge in [0.2, 0.25) is 0 Å². The van der Waals surface area contributed by atoms with Crippen LogP contribution in [0.2, 0.25) is 0 Å². The summed E-state index contributed by atoms with van der Waals surface area (Å²) < 4.78 is 140. The molecule has 1 saturated heterocycles. The predicted molar refractivity (Wildman–Crippen MR) is 131 cm³/mol. The number of fused-ring (bicyclic) bond motifs is 1. The van der Waals surface area contributed by atoms with Gasteiger partial charge in [-0.15, -0.1) is 0 Å². The van der Waals surface area contributed by atoms with Crippen LogP contribution in [0.25, 0.3) is 0 Å². The van der Waals surface area contributed by atoms with Crippen molar-refractivity contribution in [3.63, 3.8) is 0 Å². The second-order valence-corrected chi connectivity index (χ2v) is 10.9. The Labute approximate surface area is 234 Å². The highest BCUT2D eigenvalue weighted by Crippen LogP contribution is 2.42. The molecule has 3 aromatic rings. The Hall–Kier alpha value is -3.88. The predicted octanol–water partition coefficient (Wildman–Crippen LogP) is 8.02. The highest BCUT2D eigenvalue weighted by atomic mass is 32.2. The number of ether oxygens (including phenoxy) is 1. The summed E-state index contributed by atoms with van der Waals surface area (Å²) >= 11 is 0. The number of nitrogens with zero attached hydrogens (tertiary/aromatic N) is 2. The Kier molecular flexibility index (Phi) is 7.15. The molecule has 222 valence electrons. The van der Waals surface area contributed by atoms with E-state index in [9.17, 15) is 48.5 Å². The van der Waals surface area contributed by atoms with E-state index >= 15 is 0 Å². The fourth-order valence-corrected chi connectivity index (χ4v) is 6.01. The minimum Gasteiger partial charge on any atom is -0.439 e. The van der Waals surface area contributed by atoms with Crippen molar-refractivity contribution in [2.75, 3.05) is 0 Å². The zero-order valence-corrected chi connectivity index (χ0v) is 21.9. The average Bonchev–Trinajstić information content (AvgIpc) is 3.38. The molecule has 0 N–H and O–H groups in total. The molecule has 0 radical (unpaired) electrons. The van der Waals surface area contributed by atoms with Crippen LogP contribution in [0.1, 0.15) is 46.4 Å². The number of halogens is 9. The van der Waals surface area contributed by atoms with Crippen molar-refractivity contribution in [1.82, 2.24) is 4.90 Å². The summed E-state index contributed by atoms with van der Waals surface area (Å²) in [6, 6.07) is 8.39. The highest BCUT2D eigenvalue weighted by Gasteiger charge is 2.44. The minimum absolute atomic E-state index is 0.0133. The van der Waals surface area contributed by atoms with E-state index in [-0.39, 0.29) is 22.2 Å². The summed E-state index contributed by atoms with van der Waals surface area (Å²) in [7, 11) is -1.88. The number of alkyl halides is 9. The maximum Gasteiger partial charge on any atom is 0.416 e. The molecular formula is C27H17F9N2O3S. The summed E-state index contributed by atoms with van der Waals surface area (Å²) in [6.07, 6.45) is -17.9. The molecule has 2 heterocycles. The molecular weight excluding hydrogens is 603 g/mol. The SMILES string of the molecule is C[C@H]1[C@@H](c2cc(C(F)(F)F)cc(C(F)(F)F)c2)OC(=O)N1Cc1cc(C(F)(F)F)ccc1C1=Nc2ccccc2S1=O. The Balaban J connectivity index is 1.53. The first-order valence-corrected chi connectivity index (χ1v) is 13.2. The molecule has 2 aliphatic rings. The lowest BCUT2D eigenvalue weighted by molar-refractivity contribution is -0.143. The van der Waals surface area contributed by atoms with Crippen LogP contribution in [0.5, 0.6) is 0 Å². The highest BCUT2D eigenvalue weighted by molar-refractivity contribution is 8.01. The van der Waals surface area contributed by atoms with Crippen molar-refractivity contribution in [1.29, 1.82) is 0 Å². The zero-order chi connectivity index (χ0) is 30.8. The van der Waals surface area contributed by atoms with Gasteiger partial charge in [-0.25, -0.2) is 14.0 Å². The third kappa shape index (κ3) is 5.49. The van der Waals surface area contributed by atoms with E-state index in [2.05, 4.69) is 4.99 Å². The number of hydrogen-bond donors (Lipinski definition) is 0. The van der Waals surface area contributed by atoms with Crippen LogP contribution >= 0.6 is 0 Å². The minimum atomic E-state index is -5.15. The fraction of sp³-hybridized carbons (Fsp3) is 0.259. The van der Waals surface area contributed by atoms with Gasteiger partial charge in [0.25, 0.3) is 0 Å². The molecule has 5 rings (SSSR count). The van der Waals surface area contributed by atoms with Crippen molar-refractivity contribution >= 4 is 27.6 Å². The number of rotatable bonds is 4. The van der Waals surface area contributed by atoms with Crippen LogP contribution < -0.4 is 0 Å². The van der Waals surface area contributed by atoms with Gasteiger partial charge in [0.1, 0.15) is 21.9 Å². The van der Waals surface area contributed by atoms with Crippen LogP contribution in [0, 0.1) is 0 Å². The molecule has 0 aliphatic carbocycles. The third-order valence-electron chi connectivity index (χ3n) is 6.80. The third-order valence-corrected chi connectivity index (χ3v) is 8.20. The number of aliphatic imine (C=N–C) groups is 1. The van der Waals surface area contributed by atoms with E-state index in [1.165, 1.54) is 13.0 Å². The van der Waals surface area contributed by atoms with Crippen LogP contribution in [0.4, 0.5) is 50.0 Å². The first-order valence-electron chi connectivity index (χ1n) is 12.0. The van der Waals surface area contributed by atoms with Crippen molar-refractivity contribution < 1.29 is 53.3 Å². The van der Waals surface area contributed by atoms with Gasteiger partial charge in [-0.2, -0.15) is 39.5 Å². The lowest BCUT2D eigenvalue weighted by Gasteiger charge is -2.24. The van der Waals surface area contributed by atoms with Crippen LogP contribution in [0.3, 0.4) is 0 Å². The van der Waals surface area contributed by atoms with Crippen LogP contribution in [0.15, 0.2) is 70.6 Å². The Morgan fingerprint density at radius 3 is 2.00 bits per heavy atom. The molecule has 5 nitrogen and oxygen atoms in total. The Morgan fingerprint density at radius 1 is 0.833 bits per heavy atom. The van der Waals surface area contributed by atoms with Gasteiger partial charge >= 0.3 is 24.6 Å². The molecule has 2 aliphatic heterocycles. The number of cyclic esters (lactones) is 1. The molecule has 42 heavy (non-hydrogen) atoms. The van der Waals surface area contributed by atoms with Crippen LogP contribution in [-0.2, 0) is 40.6 Å². The topological polar surface area (TPSA) is 59.0 Å². The number of carbonyl (C=O) groups is 1. The average molecular weight is 620 g/mol. The standard InChI is InChI=1S/C27H17F9N2O3S/c1-13-22(14-8-17(26(31,32)33)11-18(9-14)27(34,35)36)41-24(39)38(13)12-15-10-16(25(28,29)30)6-7-19(15)23-37-20-4-2-3-5-21(20)42(23)40/h2-11,13,22H,12H2,1H3/t13-,22-,42?/m0/s1. The lowest BCUT2D eigenvalue weighted by Crippen LogP contribution is -2.32. The summed E-state index contributed by atoms with van der Waals surface area (Å²) in [5, 5.41) is -0.0793. The molecule has 3 atom stereocenters. The number of hydrogen-bond acceptors (Lipinski definition) is 4. The van der Waals surface area contributed by atoms with Gasteiger partial charge in [-0.1, -0.05) is 18.2 Å². The van der Waals surface area contributed by atoms with Gasteiger partial charge in [-0.3, -0.25) is 4.90 Å². The molecule has 3 aromatic carbocycles. The van der Waals surface area contributed by atoms with Crippen molar-refractivity contribution in [2.24, 2.45) is 4.99 Å². The van der Waals surface area contributed by atoms with Crippen molar-refractivity contribution in [2.45, 2.75) is 49.0 Å². The second-order valence-electron chi connectivity index (χ2n) is 9.54. The van der Waals surface area contributed by atoms with E-state index in [1.807, 2.05) is 0 Å². The Morgan fingerprint density at radius 2 is 1.43 bits per heavy atom. The maximum atomic E-state index is 13.6. The molecule has 15 heteroatoms. The summed E-state index contributed by atoms with van der Waals surface area (Å²) in [4.78, 5) is 18.3. The van der Waals surface area contributed by atoms with E-state index in [1.54, 1.807) is 18.2 Å². The van der Waals surface area contributed by atoms with Crippen molar-refractivity contribution in [3.05, 3.63) is 94.0 Å². The quantitative estimate of drug-likeness (QED) is 0.278. The second kappa shape index (κ2) is 10.1. The van der Waals surface area contributed by atoms with Gasteiger partial charge < -0.3 is 4.74 Å². The lowest BCUT2D eigenvalue weighted by atomic mass is 9.97. The monoisotopic (exact) mass is 620 g/mol. The van der Waals surface area contributed by atoms with Gasteiger partial charge in [-0.05, 0) is 60.5 Å². The Bertz CT molecular complexity index is 1600. The summed E-state index contributed by atoms with van der Waals surface area (Å²) in [5.41, 5.74) is -4.75. The maximum absolute atomic E-state index is 13.6. The smallest absolute Gasteiger partial charge is 0.416 e. The molecule has 1 fully saturated rings. The van der Waals surface area contributed by atoms with Crippen molar-refractivity contribution in [3.8, 4) is 0 Å². The normalized spacial score (nSPS) is 20.9. The molecule has 0 bridgehead atoms. The summed E-state index contributed by atoms with van der Waals surface area (Å²) in [5.74, 6) is 0. The first kappa shape index (κ1) is 29.6. The first-order chi connectivity index (χ1) is 19.4. The number of para-hydroxylation sites is 1. The van der Waals surface area contributed by atoms with Gasteiger partial charge in [0, 0.05) is 5.56 Å².